The van der Waals surface area contributed by atoms with Gasteiger partial charge < -0.3 is 4.90 Å². The summed E-state index contributed by atoms with van der Waals surface area (Å²) in [5.41, 5.74) is 0. The Balaban J connectivity index is 1.96. The number of carbonyl (C=O) groups excluding carboxylic acids is 1. The fourth-order valence-electron chi connectivity index (χ4n) is 3.67. The molecule has 2 aliphatic heterocycles. The van der Waals surface area contributed by atoms with Gasteiger partial charge in [0.25, 0.3) is 0 Å². The minimum Gasteiger partial charge on any atom is -0.302 e. The van der Waals surface area contributed by atoms with E-state index in [0.717, 1.165) is 32.5 Å². The van der Waals surface area contributed by atoms with E-state index in [-0.39, 0.29) is 0 Å². The van der Waals surface area contributed by atoms with Crippen LogP contribution in [-0.4, -0.2) is 53.3 Å². The number of fused-ring (bicyclic) bond motifs is 2. The molecule has 0 aromatic heterocycles. The van der Waals surface area contributed by atoms with Crippen LogP contribution in [0.4, 0.5) is 0 Å². The summed E-state index contributed by atoms with van der Waals surface area (Å²) in [4.78, 5) is 16.7. The lowest BCUT2D eigenvalue weighted by Crippen LogP contribution is -2.51. The van der Waals surface area contributed by atoms with Crippen molar-refractivity contribution in [2.75, 3.05) is 19.6 Å². The standard InChI is InChI=1S/C14H26N2O/c1-4-15(5-2)10-11(3)16-12-6-7-13(16)9-14(17)8-12/h11-13H,4-10H2,1-3H3. The molecule has 0 N–H and O–H groups in total. The third-order valence-corrected chi connectivity index (χ3v) is 4.53. The van der Waals surface area contributed by atoms with Crippen molar-refractivity contribution in [1.29, 1.82) is 0 Å². The van der Waals surface area contributed by atoms with Gasteiger partial charge in [-0.05, 0) is 32.9 Å². The molecule has 0 saturated carbocycles. The van der Waals surface area contributed by atoms with Crippen LogP contribution >= 0.6 is 0 Å². The summed E-state index contributed by atoms with van der Waals surface area (Å²) in [5, 5.41) is 0. The molecule has 2 heterocycles. The summed E-state index contributed by atoms with van der Waals surface area (Å²) in [5.74, 6) is 0.490. The van der Waals surface area contributed by atoms with Crippen LogP contribution in [0.15, 0.2) is 0 Å². The third-order valence-electron chi connectivity index (χ3n) is 4.53. The lowest BCUT2D eigenvalue weighted by Gasteiger charge is -2.40. The van der Waals surface area contributed by atoms with E-state index in [1.54, 1.807) is 0 Å². The predicted octanol–water partition coefficient (Wildman–Crippen LogP) is 1.91. The molecule has 3 atom stereocenters. The largest absolute Gasteiger partial charge is 0.302 e. The molecule has 3 unspecified atom stereocenters. The Morgan fingerprint density at radius 2 is 1.76 bits per heavy atom. The number of hydrogen-bond donors (Lipinski definition) is 0. The highest BCUT2D eigenvalue weighted by molar-refractivity contribution is 5.81. The molecule has 2 aliphatic rings. The molecule has 0 aromatic rings. The zero-order valence-corrected chi connectivity index (χ0v) is 11.5. The maximum absolute atomic E-state index is 11.6. The first-order chi connectivity index (χ1) is 8.15. The van der Waals surface area contributed by atoms with Gasteiger partial charge in [0.15, 0.2) is 0 Å². The van der Waals surface area contributed by atoms with Crippen LogP contribution in [0.1, 0.15) is 46.5 Å². The number of rotatable bonds is 5. The fourth-order valence-corrected chi connectivity index (χ4v) is 3.67. The van der Waals surface area contributed by atoms with Crippen molar-refractivity contribution in [1.82, 2.24) is 9.80 Å². The second-order valence-electron chi connectivity index (χ2n) is 5.61. The molecule has 3 heteroatoms. The number of Topliss-reactive ketones (excluding diaryl/α,β-unsaturated/α-hetero) is 1. The molecule has 2 fully saturated rings. The third kappa shape index (κ3) is 2.71. The van der Waals surface area contributed by atoms with Crippen LogP contribution in [0.3, 0.4) is 0 Å². The van der Waals surface area contributed by atoms with E-state index in [0.29, 0.717) is 23.9 Å². The molecule has 0 spiro atoms. The number of nitrogens with zero attached hydrogens (tertiary/aromatic N) is 2. The Morgan fingerprint density at radius 3 is 2.24 bits per heavy atom. The number of hydrogen-bond acceptors (Lipinski definition) is 3. The Kier molecular flexibility index (Phi) is 4.21. The Hall–Kier alpha value is -0.410. The zero-order chi connectivity index (χ0) is 12.4. The quantitative estimate of drug-likeness (QED) is 0.731. The molecule has 0 radical (unpaired) electrons. The second kappa shape index (κ2) is 5.49. The average Bonchev–Trinajstić information content (AvgIpc) is 2.58. The van der Waals surface area contributed by atoms with E-state index in [1.165, 1.54) is 12.8 Å². The van der Waals surface area contributed by atoms with E-state index < -0.39 is 0 Å². The van der Waals surface area contributed by atoms with Crippen molar-refractivity contribution in [3.8, 4) is 0 Å². The molecule has 2 bridgehead atoms. The summed E-state index contributed by atoms with van der Waals surface area (Å²) >= 11 is 0. The van der Waals surface area contributed by atoms with Gasteiger partial charge in [-0.1, -0.05) is 13.8 Å². The minimum absolute atomic E-state index is 0.490. The van der Waals surface area contributed by atoms with Crippen molar-refractivity contribution in [2.24, 2.45) is 0 Å². The SMILES string of the molecule is CCN(CC)CC(C)N1C2CCC1CC(=O)C2. The summed E-state index contributed by atoms with van der Waals surface area (Å²) in [6.07, 6.45) is 4.08. The van der Waals surface area contributed by atoms with E-state index in [4.69, 9.17) is 0 Å². The summed E-state index contributed by atoms with van der Waals surface area (Å²) in [6.45, 7) is 10.2. The first-order valence-electron chi connectivity index (χ1n) is 7.17. The van der Waals surface area contributed by atoms with Crippen LogP contribution in [0, 0.1) is 0 Å². The lowest BCUT2D eigenvalue weighted by atomic mass is 9.99. The van der Waals surface area contributed by atoms with Gasteiger partial charge in [-0.2, -0.15) is 0 Å². The smallest absolute Gasteiger partial charge is 0.136 e. The molecule has 17 heavy (non-hydrogen) atoms. The van der Waals surface area contributed by atoms with Crippen LogP contribution < -0.4 is 0 Å². The average molecular weight is 238 g/mol. The molecule has 2 saturated heterocycles. The maximum Gasteiger partial charge on any atom is 0.136 e. The molecular weight excluding hydrogens is 212 g/mol. The molecule has 0 amide bonds. The van der Waals surface area contributed by atoms with Crippen molar-refractivity contribution in [3.05, 3.63) is 0 Å². The number of piperidine rings is 1. The molecule has 2 rings (SSSR count). The molecule has 0 aromatic carbocycles. The van der Waals surface area contributed by atoms with E-state index in [9.17, 15) is 4.79 Å². The topological polar surface area (TPSA) is 23.6 Å². The fraction of sp³-hybridized carbons (Fsp3) is 0.929. The van der Waals surface area contributed by atoms with Gasteiger partial charge in [0.1, 0.15) is 5.78 Å². The first-order valence-corrected chi connectivity index (χ1v) is 7.17. The summed E-state index contributed by atoms with van der Waals surface area (Å²) in [6, 6.07) is 1.69. The van der Waals surface area contributed by atoms with Gasteiger partial charge in [0.05, 0.1) is 0 Å². The first kappa shape index (κ1) is 13.0. The molecule has 3 nitrogen and oxygen atoms in total. The normalized spacial score (nSPS) is 31.2. The van der Waals surface area contributed by atoms with Gasteiger partial charge in [-0.25, -0.2) is 0 Å². The van der Waals surface area contributed by atoms with Gasteiger partial charge in [0, 0.05) is 37.5 Å². The molecule has 0 aliphatic carbocycles. The minimum atomic E-state index is 0.490. The monoisotopic (exact) mass is 238 g/mol. The van der Waals surface area contributed by atoms with E-state index >= 15 is 0 Å². The lowest BCUT2D eigenvalue weighted by molar-refractivity contribution is -0.124. The number of ketones is 1. The van der Waals surface area contributed by atoms with Gasteiger partial charge >= 0.3 is 0 Å². The van der Waals surface area contributed by atoms with Crippen molar-refractivity contribution in [2.45, 2.75) is 64.6 Å². The van der Waals surface area contributed by atoms with Crippen LogP contribution in [-0.2, 0) is 4.79 Å². The van der Waals surface area contributed by atoms with E-state index in [1.807, 2.05) is 0 Å². The van der Waals surface area contributed by atoms with Crippen LogP contribution in [0.2, 0.25) is 0 Å². The Morgan fingerprint density at radius 1 is 1.24 bits per heavy atom. The van der Waals surface area contributed by atoms with Crippen LogP contribution in [0.25, 0.3) is 0 Å². The summed E-state index contributed by atoms with van der Waals surface area (Å²) in [7, 11) is 0. The predicted molar refractivity (Wildman–Crippen MR) is 70.1 cm³/mol. The highest BCUT2D eigenvalue weighted by Gasteiger charge is 2.42. The highest BCUT2D eigenvalue weighted by atomic mass is 16.1. The second-order valence-corrected chi connectivity index (χ2v) is 5.61. The highest BCUT2D eigenvalue weighted by Crippen LogP contribution is 2.35. The summed E-state index contributed by atoms with van der Waals surface area (Å²) < 4.78 is 0. The Labute approximate surface area is 105 Å². The van der Waals surface area contributed by atoms with Crippen molar-refractivity contribution in [3.63, 3.8) is 0 Å². The van der Waals surface area contributed by atoms with Crippen molar-refractivity contribution < 1.29 is 4.79 Å². The van der Waals surface area contributed by atoms with Gasteiger partial charge in [-0.3, -0.25) is 9.69 Å². The van der Waals surface area contributed by atoms with Gasteiger partial charge in [0.2, 0.25) is 0 Å². The molecular formula is C14H26N2O. The van der Waals surface area contributed by atoms with E-state index in [2.05, 4.69) is 30.6 Å². The Bertz CT molecular complexity index is 259. The molecule has 98 valence electrons. The van der Waals surface area contributed by atoms with Crippen molar-refractivity contribution >= 4 is 5.78 Å². The number of carbonyl (C=O) groups is 1. The van der Waals surface area contributed by atoms with Gasteiger partial charge in [-0.15, -0.1) is 0 Å². The maximum atomic E-state index is 11.6. The number of likely N-dealkylation sites (N-methyl/N-ethyl adjacent to an activating group) is 1. The zero-order valence-electron chi connectivity index (χ0n) is 11.5. The van der Waals surface area contributed by atoms with Crippen LogP contribution in [0.5, 0.6) is 0 Å².